The van der Waals surface area contributed by atoms with Crippen molar-refractivity contribution >= 4 is 52.9 Å². The number of benzene rings is 4. The molecular weight excluding hydrogens is 582 g/mol. The van der Waals surface area contributed by atoms with Gasteiger partial charge < -0.3 is 30.5 Å². The number of carbonyl (C=O) groups excluding carboxylic acids is 3. The van der Waals surface area contributed by atoms with E-state index in [1.165, 1.54) is 44.2 Å². The third-order valence-electron chi connectivity index (χ3n) is 6.14. The van der Waals surface area contributed by atoms with E-state index in [2.05, 4.69) is 16.0 Å². The van der Waals surface area contributed by atoms with Crippen LogP contribution in [0.4, 0.5) is 11.4 Å². The van der Waals surface area contributed by atoms with Crippen molar-refractivity contribution in [2.24, 2.45) is 0 Å². The molecule has 0 fully saturated rings. The summed E-state index contributed by atoms with van der Waals surface area (Å²) in [5.74, 6) is -1.46. The van der Waals surface area contributed by atoms with Crippen molar-refractivity contribution in [2.75, 3.05) is 30.6 Å². The Kier molecular flexibility index (Phi) is 10.8. The second-order valence-corrected chi connectivity index (χ2v) is 10.2. The number of amides is 3. The largest absolute Gasteiger partial charge is 0.493 e. The molecule has 0 saturated carbocycles. The maximum absolute atomic E-state index is 13.4. The maximum atomic E-state index is 13.4. The number of aromatic carboxylic acids is 1. The van der Waals surface area contributed by atoms with Crippen LogP contribution in [0.3, 0.4) is 0 Å². The Hall–Kier alpha value is -5.55. The van der Waals surface area contributed by atoms with Crippen molar-refractivity contribution in [1.82, 2.24) is 5.32 Å². The molecule has 0 unspecified atom stereocenters. The van der Waals surface area contributed by atoms with Crippen LogP contribution in [-0.4, -0.2) is 48.8 Å². The molecule has 0 aliphatic carbocycles. The molecule has 0 saturated heterocycles. The number of hydrogen-bond donors (Lipinski definition) is 4. The zero-order valence-electron chi connectivity index (χ0n) is 23.8. The molecule has 4 aromatic rings. The van der Waals surface area contributed by atoms with Crippen LogP contribution in [0.2, 0.25) is 0 Å². The normalized spacial score (nSPS) is 10.8. The van der Waals surface area contributed by atoms with Crippen molar-refractivity contribution in [3.05, 3.63) is 119 Å². The van der Waals surface area contributed by atoms with Gasteiger partial charge in [0.1, 0.15) is 5.70 Å². The average molecular weight is 612 g/mol. The molecule has 0 aromatic heterocycles. The third kappa shape index (κ3) is 8.49. The minimum atomic E-state index is -1.08. The average Bonchev–Trinajstić information content (AvgIpc) is 3.04. The summed E-state index contributed by atoms with van der Waals surface area (Å²) < 4.78 is 10.9. The second-order valence-electron chi connectivity index (χ2n) is 9.16. The number of hydrogen-bond acceptors (Lipinski definition) is 7. The fourth-order valence-electron chi connectivity index (χ4n) is 4.03. The first kappa shape index (κ1) is 31.4. The van der Waals surface area contributed by atoms with Crippen LogP contribution in [0.5, 0.6) is 11.5 Å². The smallest absolute Gasteiger partial charge is 0.335 e. The molecule has 3 amide bonds. The molecule has 4 aromatic carbocycles. The second kappa shape index (κ2) is 15.1. The Balaban J connectivity index is 1.45. The number of para-hydroxylation sites is 1. The van der Waals surface area contributed by atoms with Crippen molar-refractivity contribution in [1.29, 1.82) is 0 Å². The molecule has 4 rings (SSSR count). The minimum Gasteiger partial charge on any atom is -0.493 e. The first-order chi connectivity index (χ1) is 21.3. The highest BCUT2D eigenvalue weighted by molar-refractivity contribution is 8.00. The van der Waals surface area contributed by atoms with Gasteiger partial charge >= 0.3 is 5.97 Å². The van der Waals surface area contributed by atoms with Gasteiger partial charge in [0.05, 0.1) is 25.5 Å². The number of methoxy groups -OCH3 is 2. The Labute approximate surface area is 258 Å². The summed E-state index contributed by atoms with van der Waals surface area (Å²) in [7, 11) is 2.99. The van der Waals surface area contributed by atoms with E-state index in [0.29, 0.717) is 34.0 Å². The molecule has 0 aliphatic heterocycles. The molecule has 0 radical (unpaired) electrons. The number of nitrogens with one attached hydrogen (secondary N) is 3. The van der Waals surface area contributed by atoms with Gasteiger partial charge in [0, 0.05) is 27.4 Å². The monoisotopic (exact) mass is 611 g/mol. The Morgan fingerprint density at radius 3 is 2.16 bits per heavy atom. The molecule has 11 heteroatoms. The summed E-state index contributed by atoms with van der Waals surface area (Å²) >= 11 is 1.27. The van der Waals surface area contributed by atoms with E-state index in [1.807, 2.05) is 0 Å². The molecule has 0 heterocycles. The molecule has 0 atom stereocenters. The number of carbonyl (C=O) groups is 4. The lowest BCUT2D eigenvalue weighted by Crippen LogP contribution is -2.30. The summed E-state index contributed by atoms with van der Waals surface area (Å²) in [6.45, 7) is 0. The fourth-order valence-corrected chi connectivity index (χ4v) is 4.73. The van der Waals surface area contributed by atoms with Crippen LogP contribution in [0.15, 0.2) is 108 Å². The van der Waals surface area contributed by atoms with Crippen molar-refractivity contribution < 1.29 is 33.8 Å². The lowest BCUT2D eigenvalue weighted by atomic mass is 10.1. The molecule has 224 valence electrons. The minimum absolute atomic E-state index is 0.0208. The van der Waals surface area contributed by atoms with Gasteiger partial charge in [-0.25, -0.2) is 4.79 Å². The van der Waals surface area contributed by atoms with E-state index >= 15 is 0 Å². The van der Waals surface area contributed by atoms with Crippen molar-refractivity contribution in [2.45, 2.75) is 4.90 Å². The molecule has 44 heavy (non-hydrogen) atoms. The Morgan fingerprint density at radius 2 is 1.48 bits per heavy atom. The lowest BCUT2D eigenvalue weighted by molar-refractivity contribution is -0.114. The van der Waals surface area contributed by atoms with Crippen LogP contribution >= 0.6 is 11.8 Å². The highest BCUT2D eigenvalue weighted by Crippen LogP contribution is 2.32. The topological polar surface area (TPSA) is 143 Å². The van der Waals surface area contributed by atoms with Gasteiger partial charge in [-0.1, -0.05) is 36.4 Å². The number of anilines is 2. The summed E-state index contributed by atoms with van der Waals surface area (Å²) in [6, 6.07) is 26.6. The number of carboxylic acid groups (broad SMARTS) is 1. The van der Waals surface area contributed by atoms with E-state index in [9.17, 15) is 19.2 Å². The van der Waals surface area contributed by atoms with Gasteiger partial charge in [-0.2, -0.15) is 0 Å². The van der Waals surface area contributed by atoms with Gasteiger partial charge in [-0.05, 0) is 66.7 Å². The summed E-state index contributed by atoms with van der Waals surface area (Å²) in [6.07, 6.45) is 1.51. The summed E-state index contributed by atoms with van der Waals surface area (Å²) in [4.78, 5) is 50.7. The number of rotatable bonds is 12. The summed E-state index contributed by atoms with van der Waals surface area (Å²) in [5, 5.41) is 17.3. The third-order valence-corrected chi connectivity index (χ3v) is 7.15. The predicted molar refractivity (Wildman–Crippen MR) is 169 cm³/mol. The van der Waals surface area contributed by atoms with Crippen LogP contribution in [-0.2, 0) is 9.59 Å². The molecule has 0 aliphatic rings. The number of ether oxygens (including phenoxy) is 2. The van der Waals surface area contributed by atoms with E-state index in [4.69, 9.17) is 14.6 Å². The van der Waals surface area contributed by atoms with Crippen molar-refractivity contribution in [3.8, 4) is 11.5 Å². The van der Waals surface area contributed by atoms with Gasteiger partial charge in [-0.3, -0.25) is 14.4 Å². The molecular formula is C33H29N3O7S. The van der Waals surface area contributed by atoms with E-state index in [1.54, 1.807) is 84.9 Å². The van der Waals surface area contributed by atoms with E-state index in [0.717, 1.165) is 4.90 Å². The van der Waals surface area contributed by atoms with Crippen molar-refractivity contribution in [3.63, 3.8) is 0 Å². The van der Waals surface area contributed by atoms with E-state index in [-0.39, 0.29) is 22.9 Å². The molecule has 10 nitrogen and oxygen atoms in total. The molecule has 4 N–H and O–H groups in total. The van der Waals surface area contributed by atoms with Gasteiger partial charge in [0.15, 0.2) is 11.5 Å². The Bertz CT molecular complexity index is 1690. The lowest BCUT2D eigenvalue weighted by Gasteiger charge is -2.14. The van der Waals surface area contributed by atoms with Crippen LogP contribution in [0, 0.1) is 0 Å². The van der Waals surface area contributed by atoms with Crippen LogP contribution < -0.4 is 25.4 Å². The van der Waals surface area contributed by atoms with Gasteiger partial charge in [0.25, 0.3) is 11.8 Å². The Morgan fingerprint density at radius 1 is 0.773 bits per heavy atom. The first-order valence-corrected chi connectivity index (χ1v) is 14.2. The SMILES string of the molecule is COc1cccc(/C=C(\NC(=O)c2ccccc2)C(=O)Nc2ccc(SCC(=O)Nc3cccc(C(=O)O)c3)cc2)c1OC. The fraction of sp³-hybridized carbons (Fsp3) is 0.0909. The van der Waals surface area contributed by atoms with Gasteiger partial charge in [-0.15, -0.1) is 11.8 Å². The maximum Gasteiger partial charge on any atom is 0.335 e. The standard InChI is InChI=1S/C33H29N3O7S/c1-42-28-13-7-10-22(30(28)43-2)19-27(36-31(38)21-8-4-3-5-9-21)32(39)35-24-14-16-26(17-15-24)44-20-29(37)34-25-12-6-11-23(18-25)33(40)41/h3-19H,20H2,1-2H3,(H,34,37)(H,35,39)(H,36,38)(H,40,41)/b27-19-. The predicted octanol–water partition coefficient (Wildman–Crippen LogP) is 5.54. The van der Waals surface area contributed by atoms with E-state index < -0.39 is 17.8 Å². The van der Waals surface area contributed by atoms with Crippen LogP contribution in [0.1, 0.15) is 26.3 Å². The highest BCUT2D eigenvalue weighted by atomic mass is 32.2. The summed E-state index contributed by atoms with van der Waals surface area (Å²) in [5.41, 5.74) is 1.81. The molecule has 0 bridgehead atoms. The zero-order valence-corrected chi connectivity index (χ0v) is 24.6. The first-order valence-electron chi connectivity index (χ1n) is 13.2. The number of thioether (sulfide) groups is 1. The molecule has 0 spiro atoms. The zero-order chi connectivity index (χ0) is 31.5. The number of carboxylic acids is 1. The van der Waals surface area contributed by atoms with Crippen LogP contribution in [0.25, 0.3) is 6.08 Å². The van der Waals surface area contributed by atoms with Gasteiger partial charge in [0.2, 0.25) is 5.91 Å². The highest BCUT2D eigenvalue weighted by Gasteiger charge is 2.17. The quantitative estimate of drug-likeness (QED) is 0.121.